The van der Waals surface area contributed by atoms with E-state index in [2.05, 4.69) is 9.72 Å². The molecular formula is C9H13NO5S. The van der Waals surface area contributed by atoms with Gasteiger partial charge in [0.05, 0.1) is 31.9 Å². The van der Waals surface area contributed by atoms with Crippen LogP contribution < -0.4 is 0 Å². The van der Waals surface area contributed by atoms with Crippen LogP contribution in [0.3, 0.4) is 0 Å². The van der Waals surface area contributed by atoms with Gasteiger partial charge in [0.2, 0.25) is 0 Å². The first-order valence-electron chi connectivity index (χ1n) is 4.56. The largest absolute Gasteiger partial charge is 0.469 e. The van der Waals surface area contributed by atoms with Crippen LogP contribution in [-0.4, -0.2) is 39.5 Å². The van der Waals surface area contributed by atoms with Crippen molar-refractivity contribution >= 4 is 17.3 Å². The normalized spacial score (nSPS) is 14.5. The van der Waals surface area contributed by atoms with Crippen molar-refractivity contribution in [3.05, 3.63) is 16.1 Å². The van der Waals surface area contributed by atoms with Crippen LogP contribution in [0.25, 0.3) is 0 Å². The zero-order valence-corrected chi connectivity index (χ0v) is 9.48. The predicted molar refractivity (Wildman–Crippen MR) is 55.6 cm³/mol. The minimum atomic E-state index is -1.26. The molecule has 0 saturated heterocycles. The Balaban J connectivity index is 2.62. The van der Waals surface area contributed by atoms with Gasteiger partial charge in [0.25, 0.3) is 0 Å². The number of esters is 1. The molecule has 6 nitrogen and oxygen atoms in total. The highest BCUT2D eigenvalue weighted by Crippen LogP contribution is 2.22. The standard InChI is InChI=1S/C9H13NO5S/c1-15-7(13)2-6(12)8(14)9-10-5(3-11)4-16-9/h4,6,8,11-12,14H,2-3H2,1H3. The number of nitrogens with zero attached hydrogens (tertiary/aromatic N) is 1. The van der Waals surface area contributed by atoms with E-state index >= 15 is 0 Å². The van der Waals surface area contributed by atoms with Crippen LogP contribution in [0, 0.1) is 0 Å². The third-order valence-corrected chi connectivity index (χ3v) is 2.92. The van der Waals surface area contributed by atoms with E-state index in [1.165, 1.54) is 7.11 Å². The third kappa shape index (κ3) is 3.24. The van der Waals surface area contributed by atoms with Gasteiger partial charge in [-0.15, -0.1) is 11.3 Å². The Morgan fingerprint density at radius 2 is 2.31 bits per heavy atom. The Hall–Kier alpha value is -1.02. The summed E-state index contributed by atoms with van der Waals surface area (Å²) in [4.78, 5) is 14.8. The molecule has 0 bridgehead atoms. The Kier molecular flexibility index (Phi) is 4.81. The van der Waals surface area contributed by atoms with Crippen LogP contribution in [0.15, 0.2) is 5.38 Å². The topological polar surface area (TPSA) is 99.9 Å². The second kappa shape index (κ2) is 5.90. The van der Waals surface area contributed by atoms with Crippen LogP contribution in [-0.2, 0) is 16.1 Å². The summed E-state index contributed by atoms with van der Waals surface area (Å²) < 4.78 is 4.37. The first-order chi connectivity index (χ1) is 7.58. The molecule has 0 saturated carbocycles. The summed E-state index contributed by atoms with van der Waals surface area (Å²) >= 11 is 1.11. The average molecular weight is 247 g/mol. The van der Waals surface area contributed by atoms with Gasteiger partial charge in [-0.2, -0.15) is 0 Å². The van der Waals surface area contributed by atoms with Crippen LogP contribution >= 0.6 is 11.3 Å². The summed E-state index contributed by atoms with van der Waals surface area (Å²) in [6, 6.07) is 0. The third-order valence-electron chi connectivity index (χ3n) is 1.95. The number of thiazole rings is 1. The minimum Gasteiger partial charge on any atom is -0.469 e. The van der Waals surface area contributed by atoms with E-state index in [-0.39, 0.29) is 18.0 Å². The molecule has 3 N–H and O–H groups in total. The molecule has 7 heteroatoms. The number of methoxy groups -OCH3 is 1. The molecule has 0 spiro atoms. The fraction of sp³-hybridized carbons (Fsp3) is 0.556. The molecule has 2 unspecified atom stereocenters. The van der Waals surface area contributed by atoms with Crippen LogP contribution in [0.2, 0.25) is 0 Å². The van der Waals surface area contributed by atoms with Gasteiger partial charge < -0.3 is 20.1 Å². The summed E-state index contributed by atoms with van der Waals surface area (Å²) in [6.07, 6.45) is -2.80. The lowest BCUT2D eigenvalue weighted by molar-refractivity contribution is -0.144. The van der Waals surface area contributed by atoms with Crippen LogP contribution in [0.4, 0.5) is 0 Å². The van der Waals surface area contributed by atoms with Gasteiger partial charge in [-0.1, -0.05) is 0 Å². The van der Waals surface area contributed by atoms with E-state index in [4.69, 9.17) is 5.11 Å². The number of aromatic nitrogens is 1. The maximum atomic E-state index is 10.9. The van der Waals surface area contributed by atoms with Crippen molar-refractivity contribution in [1.29, 1.82) is 0 Å². The maximum absolute atomic E-state index is 10.9. The van der Waals surface area contributed by atoms with Crippen LogP contribution in [0.5, 0.6) is 0 Å². The molecule has 0 fully saturated rings. The molecule has 2 atom stereocenters. The number of ether oxygens (including phenoxy) is 1. The molecule has 16 heavy (non-hydrogen) atoms. The van der Waals surface area contributed by atoms with Crippen molar-refractivity contribution in [2.45, 2.75) is 25.2 Å². The van der Waals surface area contributed by atoms with Crippen molar-refractivity contribution in [3.63, 3.8) is 0 Å². The Bertz CT molecular complexity index is 353. The van der Waals surface area contributed by atoms with E-state index in [0.29, 0.717) is 5.69 Å². The molecule has 0 aliphatic heterocycles. The molecule has 0 radical (unpaired) electrons. The summed E-state index contributed by atoms with van der Waals surface area (Å²) in [5.41, 5.74) is 0.421. The average Bonchev–Trinajstić information content (AvgIpc) is 2.76. The molecule has 0 aliphatic carbocycles. The Morgan fingerprint density at radius 1 is 1.62 bits per heavy atom. The van der Waals surface area contributed by atoms with Gasteiger partial charge in [-0.3, -0.25) is 4.79 Å². The van der Waals surface area contributed by atoms with Gasteiger partial charge in [0.15, 0.2) is 0 Å². The molecule has 0 amide bonds. The van der Waals surface area contributed by atoms with E-state index in [9.17, 15) is 15.0 Å². The molecule has 1 rings (SSSR count). The maximum Gasteiger partial charge on any atom is 0.308 e. The quantitative estimate of drug-likeness (QED) is 0.612. The summed E-state index contributed by atoms with van der Waals surface area (Å²) in [5, 5.41) is 29.8. The predicted octanol–water partition coefficient (Wildman–Crippen LogP) is -0.407. The number of aliphatic hydroxyl groups excluding tert-OH is 3. The van der Waals surface area contributed by atoms with E-state index in [1.807, 2.05) is 0 Å². The van der Waals surface area contributed by atoms with Crippen molar-refractivity contribution in [2.75, 3.05) is 7.11 Å². The van der Waals surface area contributed by atoms with Gasteiger partial charge >= 0.3 is 5.97 Å². The first kappa shape index (κ1) is 13.0. The van der Waals surface area contributed by atoms with Crippen molar-refractivity contribution in [3.8, 4) is 0 Å². The zero-order chi connectivity index (χ0) is 12.1. The van der Waals surface area contributed by atoms with Gasteiger partial charge in [-0.05, 0) is 0 Å². The number of rotatable bonds is 5. The number of carbonyl (C=O) groups is 1. The molecule has 90 valence electrons. The second-order valence-corrected chi connectivity index (χ2v) is 4.02. The molecule has 1 aromatic heterocycles. The molecular weight excluding hydrogens is 234 g/mol. The highest BCUT2D eigenvalue weighted by atomic mass is 32.1. The monoisotopic (exact) mass is 247 g/mol. The number of hydrogen-bond donors (Lipinski definition) is 3. The number of carbonyl (C=O) groups excluding carboxylic acids is 1. The minimum absolute atomic E-state index is 0.226. The fourth-order valence-electron chi connectivity index (χ4n) is 1.06. The first-order valence-corrected chi connectivity index (χ1v) is 5.44. The zero-order valence-electron chi connectivity index (χ0n) is 8.66. The lowest BCUT2D eigenvalue weighted by atomic mass is 10.1. The lowest BCUT2D eigenvalue weighted by Crippen LogP contribution is -2.22. The van der Waals surface area contributed by atoms with Crippen molar-refractivity contribution < 1.29 is 24.9 Å². The SMILES string of the molecule is COC(=O)CC(O)C(O)c1nc(CO)cs1. The van der Waals surface area contributed by atoms with E-state index in [1.54, 1.807) is 5.38 Å². The fourth-order valence-corrected chi connectivity index (χ4v) is 1.91. The molecule has 0 aromatic carbocycles. The summed E-state index contributed by atoms with van der Waals surface area (Å²) in [5.74, 6) is -0.606. The molecule has 1 aromatic rings. The van der Waals surface area contributed by atoms with Crippen molar-refractivity contribution in [1.82, 2.24) is 4.98 Å². The van der Waals surface area contributed by atoms with E-state index in [0.717, 1.165) is 11.3 Å². The lowest BCUT2D eigenvalue weighted by Gasteiger charge is -2.14. The van der Waals surface area contributed by atoms with E-state index < -0.39 is 18.2 Å². The van der Waals surface area contributed by atoms with Gasteiger partial charge in [-0.25, -0.2) is 4.98 Å². The Morgan fingerprint density at radius 3 is 2.81 bits per heavy atom. The Labute approximate surface area is 96.1 Å². The van der Waals surface area contributed by atoms with Crippen molar-refractivity contribution in [2.24, 2.45) is 0 Å². The smallest absolute Gasteiger partial charge is 0.308 e. The number of hydrogen-bond acceptors (Lipinski definition) is 7. The van der Waals surface area contributed by atoms with Gasteiger partial charge in [0.1, 0.15) is 11.1 Å². The highest BCUT2D eigenvalue weighted by molar-refractivity contribution is 7.09. The summed E-state index contributed by atoms with van der Waals surface area (Å²) in [7, 11) is 1.20. The molecule has 1 heterocycles. The number of aliphatic hydroxyl groups is 3. The molecule has 0 aliphatic rings. The second-order valence-electron chi connectivity index (χ2n) is 3.13. The van der Waals surface area contributed by atoms with Crippen LogP contribution in [0.1, 0.15) is 23.2 Å². The van der Waals surface area contributed by atoms with Gasteiger partial charge in [0, 0.05) is 5.38 Å². The highest BCUT2D eigenvalue weighted by Gasteiger charge is 2.24. The summed E-state index contributed by atoms with van der Waals surface area (Å²) in [6.45, 7) is -0.226.